The summed E-state index contributed by atoms with van der Waals surface area (Å²) in [4.78, 5) is 0. The Kier molecular flexibility index (Phi) is 4.71. The van der Waals surface area contributed by atoms with Gasteiger partial charge in [0.25, 0.3) is 0 Å². The van der Waals surface area contributed by atoms with Crippen LogP contribution in [0.4, 0.5) is 8.78 Å². The zero-order chi connectivity index (χ0) is 13.3. The van der Waals surface area contributed by atoms with Crippen LogP contribution in [0.1, 0.15) is 33.6 Å². The Morgan fingerprint density at radius 2 is 1.76 bits per heavy atom. The van der Waals surface area contributed by atoms with Gasteiger partial charge in [-0.25, -0.2) is 0 Å². The molecular formula is C12H24F2O2Si. The lowest BCUT2D eigenvalue weighted by Gasteiger charge is -2.44. The first-order chi connectivity index (χ1) is 7.62. The summed E-state index contributed by atoms with van der Waals surface area (Å²) in [6.45, 7) is 8.57. The highest BCUT2D eigenvalue weighted by Crippen LogP contribution is 2.41. The number of rotatable bonds is 5. The molecule has 17 heavy (non-hydrogen) atoms. The van der Waals surface area contributed by atoms with Crippen LogP contribution in [0.5, 0.6) is 0 Å². The molecule has 5 heteroatoms. The molecule has 0 bridgehead atoms. The second-order valence-corrected chi connectivity index (χ2v) is 11.2. The van der Waals surface area contributed by atoms with Crippen molar-refractivity contribution in [1.29, 1.82) is 0 Å². The van der Waals surface area contributed by atoms with Crippen LogP contribution in [0.3, 0.4) is 0 Å². The maximum atomic E-state index is 11.8. The first kappa shape index (κ1) is 15.1. The van der Waals surface area contributed by atoms with E-state index in [-0.39, 0.29) is 23.7 Å². The summed E-state index contributed by atoms with van der Waals surface area (Å²) >= 11 is 0. The second-order valence-electron chi connectivity index (χ2n) is 6.43. The van der Waals surface area contributed by atoms with E-state index in [2.05, 4.69) is 38.6 Å². The topological polar surface area (TPSA) is 18.5 Å². The average molecular weight is 266 g/mol. The average Bonchev–Trinajstić information content (AvgIpc) is 2.06. The first-order valence-corrected chi connectivity index (χ1v) is 9.10. The fourth-order valence-electron chi connectivity index (χ4n) is 1.71. The molecule has 1 saturated carbocycles. The third-order valence-corrected chi connectivity index (χ3v) is 8.45. The van der Waals surface area contributed by atoms with Crippen LogP contribution in [0.15, 0.2) is 0 Å². The van der Waals surface area contributed by atoms with Crippen molar-refractivity contribution in [2.24, 2.45) is 5.92 Å². The third-order valence-electron chi connectivity index (χ3n) is 3.92. The molecule has 2 nitrogen and oxygen atoms in total. The lowest BCUT2D eigenvalue weighted by Crippen LogP contribution is -2.48. The van der Waals surface area contributed by atoms with E-state index in [1.807, 2.05) is 0 Å². The minimum absolute atomic E-state index is 0.162. The lowest BCUT2D eigenvalue weighted by molar-refractivity contribution is -0.150. The Bertz CT molecular complexity index is 245. The number of alkyl halides is 2. The Balaban J connectivity index is 2.25. The van der Waals surface area contributed by atoms with Gasteiger partial charge in [-0.2, -0.15) is 8.78 Å². The fourth-order valence-corrected chi connectivity index (χ4v) is 3.09. The summed E-state index contributed by atoms with van der Waals surface area (Å²) in [7, 11) is -1.70. The van der Waals surface area contributed by atoms with Crippen molar-refractivity contribution in [3.63, 3.8) is 0 Å². The molecule has 102 valence electrons. The highest BCUT2D eigenvalue weighted by Gasteiger charge is 2.42. The van der Waals surface area contributed by atoms with E-state index in [9.17, 15) is 8.78 Å². The summed E-state index contributed by atoms with van der Waals surface area (Å²) in [6.07, 6.45) is 1.97. The van der Waals surface area contributed by atoms with E-state index in [0.29, 0.717) is 0 Å². The molecule has 0 N–H and O–H groups in total. The zero-order valence-corrected chi connectivity index (χ0v) is 12.4. The second kappa shape index (κ2) is 5.32. The highest BCUT2D eigenvalue weighted by atomic mass is 28.4. The van der Waals surface area contributed by atoms with Gasteiger partial charge in [-0.3, -0.25) is 0 Å². The maximum absolute atomic E-state index is 11.8. The number of ether oxygens (including phenoxy) is 1. The largest absolute Gasteiger partial charge is 0.414 e. The molecule has 0 radical (unpaired) electrons. The van der Waals surface area contributed by atoms with Gasteiger partial charge in [-0.1, -0.05) is 20.8 Å². The first-order valence-electron chi connectivity index (χ1n) is 6.19. The normalized spacial score (nSPS) is 26.1. The standard InChI is InChI=1S/C12H24F2O2Si/c1-12(2,3)17(4,5)16-10-6-9(7-10)8-15-11(13)14/h9-11H,6-8H2,1-5H3. The molecule has 1 fully saturated rings. The smallest absolute Gasteiger partial charge is 0.345 e. The van der Waals surface area contributed by atoms with Gasteiger partial charge in [0.1, 0.15) is 0 Å². The Hall–Kier alpha value is -0.00312. The van der Waals surface area contributed by atoms with Crippen molar-refractivity contribution in [1.82, 2.24) is 0 Å². The van der Waals surface area contributed by atoms with Gasteiger partial charge in [0, 0.05) is 6.10 Å². The number of hydrogen-bond acceptors (Lipinski definition) is 2. The molecule has 0 atom stereocenters. The molecule has 0 heterocycles. The molecular weight excluding hydrogens is 242 g/mol. The van der Waals surface area contributed by atoms with Crippen LogP contribution in [-0.2, 0) is 9.16 Å². The Morgan fingerprint density at radius 3 is 2.18 bits per heavy atom. The van der Waals surface area contributed by atoms with E-state index in [1.54, 1.807) is 0 Å². The molecule has 0 aliphatic heterocycles. The van der Waals surface area contributed by atoms with Crippen molar-refractivity contribution < 1.29 is 17.9 Å². The van der Waals surface area contributed by atoms with Crippen LogP contribution >= 0.6 is 0 Å². The van der Waals surface area contributed by atoms with Gasteiger partial charge in [0.15, 0.2) is 8.32 Å². The molecule has 0 aromatic heterocycles. The van der Waals surface area contributed by atoms with E-state index < -0.39 is 14.9 Å². The number of hydrogen-bond donors (Lipinski definition) is 0. The molecule has 0 amide bonds. The third kappa shape index (κ3) is 4.30. The van der Waals surface area contributed by atoms with Gasteiger partial charge in [0.2, 0.25) is 0 Å². The molecule has 1 rings (SSSR count). The minimum Gasteiger partial charge on any atom is -0.414 e. The van der Waals surface area contributed by atoms with Crippen molar-refractivity contribution in [2.75, 3.05) is 6.61 Å². The summed E-state index contributed by atoms with van der Waals surface area (Å²) < 4.78 is 34.2. The van der Waals surface area contributed by atoms with Gasteiger partial charge in [0.05, 0.1) is 6.61 Å². The zero-order valence-electron chi connectivity index (χ0n) is 11.4. The van der Waals surface area contributed by atoms with E-state index in [1.165, 1.54) is 0 Å². The van der Waals surface area contributed by atoms with Crippen LogP contribution in [0, 0.1) is 5.92 Å². The van der Waals surface area contributed by atoms with Crippen LogP contribution in [0.25, 0.3) is 0 Å². The molecule has 1 aliphatic rings. The van der Waals surface area contributed by atoms with Gasteiger partial charge < -0.3 is 9.16 Å². The van der Waals surface area contributed by atoms with Crippen LogP contribution < -0.4 is 0 Å². The van der Waals surface area contributed by atoms with Crippen molar-refractivity contribution >= 4 is 8.32 Å². The Labute approximate surface area is 104 Å². The predicted octanol–water partition coefficient (Wildman–Crippen LogP) is 4.03. The summed E-state index contributed by atoms with van der Waals surface area (Å²) in [5.41, 5.74) is 0. The SMILES string of the molecule is CC(C)(C)[Si](C)(C)OC1CC(COC(F)F)C1. The van der Waals surface area contributed by atoms with Crippen molar-refractivity contribution in [3.8, 4) is 0 Å². The van der Waals surface area contributed by atoms with Gasteiger partial charge >= 0.3 is 6.61 Å². The number of halogens is 2. The predicted molar refractivity (Wildman–Crippen MR) is 66.8 cm³/mol. The van der Waals surface area contributed by atoms with Crippen LogP contribution in [-0.4, -0.2) is 27.6 Å². The fraction of sp³-hybridized carbons (Fsp3) is 1.00. The minimum atomic E-state index is -2.64. The Morgan fingerprint density at radius 1 is 1.24 bits per heavy atom. The molecule has 0 unspecified atom stereocenters. The summed E-state index contributed by atoms with van der Waals surface area (Å²) in [5.74, 6) is 0.249. The monoisotopic (exact) mass is 266 g/mol. The van der Waals surface area contributed by atoms with Crippen LogP contribution in [0.2, 0.25) is 18.1 Å². The molecule has 0 spiro atoms. The summed E-state index contributed by atoms with van der Waals surface area (Å²) in [5, 5.41) is 0.206. The molecule has 0 aromatic carbocycles. The van der Waals surface area contributed by atoms with Crippen molar-refractivity contribution in [2.45, 2.75) is 64.5 Å². The van der Waals surface area contributed by atoms with Gasteiger partial charge in [-0.15, -0.1) is 0 Å². The van der Waals surface area contributed by atoms with Gasteiger partial charge in [-0.05, 0) is 36.9 Å². The van der Waals surface area contributed by atoms with E-state index >= 15 is 0 Å². The van der Waals surface area contributed by atoms with E-state index in [0.717, 1.165) is 12.8 Å². The lowest BCUT2D eigenvalue weighted by atomic mass is 9.83. The molecule has 0 saturated heterocycles. The molecule has 1 aliphatic carbocycles. The maximum Gasteiger partial charge on any atom is 0.345 e. The van der Waals surface area contributed by atoms with E-state index in [4.69, 9.17) is 4.43 Å². The van der Waals surface area contributed by atoms with Crippen molar-refractivity contribution in [3.05, 3.63) is 0 Å². The molecule has 0 aromatic rings. The highest BCUT2D eigenvalue weighted by molar-refractivity contribution is 6.74. The quantitative estimate of drug-likeness (QED) is 0.700. The summed E-state index contributed by atoms with van der Waals surface area (Å²) in [6, 6.07) is 0.